The Kier molecular flexibility index (Phi) is 4.73. The molecule has 0 radical (unpaired) electrons. The Morgan fingerprint density at radius 2 is 1.59 bits per heavy atom. The van der Waals surface area contributed by atoms with Crippen molar-refractivity contribution in [1.29, 1.82) is 0 Å². The van der Waals surface area contributed by atoms with E-state index in [1.807, 2.05) is 58.0 Å². The number of hydrogen-bond donors (Lipinski definition) is 1. The SMILES string of the molecule is CC(C)C=c1cc2ccccc2c(S(=O)(=O)O)c1=CC(C)C. The van der Waals surface area contributed by atoms with Crippen LogP contribution in [0.15, 0.2) is 35.2 Å². The smallest absolute Gasteiger partial charge is 0.282 e. The molecule has 118 valence electrons. The van der Waals surface area contributed by atoms with Gasteiger partial charge in [-0.1, -0.05) is 64.1 Å². The second-order valence-electron chi connectivity index (χ2n) is 6.23. The van der Waals surface area contributed by atoms with Crippen LogP contribution < -0.4 is 10.4 Å². The third-order valence-electron chi connectivity index (χ3n) is 3.34. The topological polar surface area (TPSA) is 54.4 Å². The number of hydrogen-bond acceptors (Lipinski definition) is 2. The van der Waals surface area contributed by atoms with Gasteiger partial charge in [0.05, 0.1) is 0 Å². The molecule has 3 nitrogen and oxygen atoms in total. The average molecular weight is 318 g/mol. The van der Waals surface area contributed by atoms with Crippen molar-refractivity contribution in [3.05, 3.63) is 40.8 Å². The molecule has 2 aromatic carbocycles. The van der Waals surface area contributed by atoms with E-state index >= 15 is 0 Å². The van der Waals surface area contributed by atoms with Crippen LogP contribution in [0, 0.1) is 11.8 Å². The lowest BCUT2D eigenvalue weighted by Gasteiger charge is -2.08. The molecule has 0 saturated heterocycles. The largest absolute Gasteiger partial charge is 0.295 e. The summed E-state index contributed by atoms with van der Waals surface area (Å²) in [5, 5.41) is 2.79. The highest BCUT2D eigenvalue weighted by atomic mass is 32.2. The van der Waals surface area contributed by atoms with E-state index < -0.39 is 10.1 Å². The van der Waals surface area contributed by atoms with Gasteiger partial charge in [-0.15, -0.1) is 0 Å². The molecule has 0 amide bonds. The maximum absolute atomic E-state index is 12.0. The Morgan fingerprint density at radius 1 is 1.00 bits per heavy atom. The summed E-state index contributed by atoms with van der Waals surface area (Å²) in [5.41, 5.74) is 0. The fourth-order valence-corrected chi connectivity index (χ4v) is 3.56. The molecule has 0 aromatic heterocycles. The van der Waals surface area contributed by atoms with Crippen molar-refractivity contribution in [3.63, 3.8) is 0 Å². The lowest BCUT2D eigenvalue weighted by Crippen LogP contribution is -2.32. The van der Waals surface area contributed by atoms with E-state index in [-0.39, 0.29) is 16.7 Å². The molecule has 2 rings (SSSR count). The summed E-state index contributed by atoms with van der Waals surface area (Å²) in [6.07, 6.45) is 3.92. The lowest BCUT2D eigenvalue weighted by atomic mass is 10.0. The minimum Gasteiger partial charge on any atom is -0.282 e. The Bertz CT molecular complexity index is 907. The van der Waals surface area contributed by atoms with E-state index in [1.165, 1.54) is 0 Å². The van der Waals surface area contributed by atoms with E-state index in [2.05, 4.69) is 0 Å². The highest BCUT2D eigenvalue weighted by molar-refractivity contribution is 7.86. The molecule has 4 heteroatoms. The second-order valence-corrected chi connectivity index (χ2v) is 7.58. The monoisotopic (exact) mass is 318 g/mol. The minimum atomic E-state index is -4.32. The molecule has 1 N–H and O–H groups in total. The molecule has 0 aliphatic heterocycles. The number of rotatable bonds is 3. The molecule has 0 unspecified atom stereocenters. The summed E-state index contributed by atoms with van der Waals surface area (Å²) in [5.74, 6) is 0.440. The van der Waals surface area contributed by atoms with Crippen molar-refractivity contribution in [3.8, 4) is 0 Å². The standard InChI is InChI=1S/C18H22O3S/c1-12(2)9-15-11-14-7-5-6-8-16(14)18(22(19,20)21)17(15)10-13(3)4/h5-13H,1-4H3,(H,19,20,21). The van der Waals surface area contributed by atoms with Crippen LogP contribution in [-0.2, 0) is 10.1 Å². The van der Waals surface area contributed by atoms with Crippen LogP contribution in [0.4, 0.5) is 0 Å². The van der Waals surface area contributed by atoms with E-state index in [9.17, 15) is 13.0 Å². The molecule has 2 aromatic rings. The first-order valence-electron chi connectivity index (χ1n) is 7.43. The minimum absolute atomic E-state index is 0.00574. The quantitative estimate of drug-likeness (QED) is 0.885. The first kappa shape index (κ1) is 16.7. The van der Waals surface area contributed by atoms with Gasteiger partial charge in [0.25, 0.3) is 10.1 Å². The van der Waals surface area contributed by atoms with Crippen molar-refractivity contribution in [2.45, 2.75) is 32.6 Å². The number of fused-ring (bicyclic) bond motifs is 1. The van der Waals surface area contributed by atoms with Gasteiger partial charge in [0.1, 0.15) is 4.90 Å². The Hall–Kier alpha value is -1.65. The van der Waals surface area contributed by atoms with Gasteiger partial charge in [0.15, 0.2) is 0 Å². The summed E-state index contributed by atoms with van der Waals surface area (Å²) in [4.78, 5) is 0.00574. The zero-order valence-electron chi connectivity index (χ0n) is 13.4. The maximum atomic E-state index is 12.0. The molecule has 0 aliphatic rings. The predicted molar refractivity (Wildman–Crippen MR) is 91.6 cm³/mol. The van der Waals surface area contributed by atoms with Gasteiger partial charge in [-0.25, -0.2) is 0 Å². The molecule has 0 atom stereocenters. The molecule has 0 heterocycles. The molecule has 0 aliphatic carbocycles. The van der Waals surface area contributed by atoms with Crippen LogP contribution >= 0.6 is 0 Å². The van der Waals surface area contributed by atoms with Crippen LogP contribution in [0.25, 0.3) is 22.9 Å². The summed E-state index contributed by atoms with van der Waals surface area (Å²) >= 11 is 0. The third kappa shape index (κ3) is 3.57. The maximum Gasteiger partial charge on any atom is 0.295 e. The normalized spacial score (nSPS) is 14.5. The molecule has 0 fully saturated rings. The van der Waals surface area contributed by atoms with Gasteiger partial charge in [-0.3, -0.25) is 4.55 Å². The van der Waals surface area contributed by atoms with Crippen LogP contribution in [0.1, 0.15) is 27.7 Å². The van der Waals surface area contributed by atoms with E-state index in [1.54, 1.807) is 12.1 Å². The number of benzene rings is 2. The highest BCUT2D eigenvalue weighted by Gasteiger charge is 2.17. The van der Waals surface area contributed by atoms with E-state index in [0.717, 1.165) is 10.6 Å². The zero-order chi connectivity index (χ0) is 16.5. The lowest BCUT2D eigenvalue weighted by molar-refractivity contribution is 0.483. The highest BCUT2D eigenvalue weighted by Crippen LogP contribution is 2.18. The molecule has 0 bridgehead atoms. The van der Waals surface area contributed by atoms with Crippen molar-refractivity contribution >= 4 is 33.0 Å². The molecular formula is C18H22O3S. The van der Waals surface area contributed by atoms with E-state index in [0.29, 0.717) is 10.6 Å². The van der Waals surface area contributed by atoms with Gasteiger partial charge >= 0.3 is 0 Å². The first-order chi connectivity index (χ1) is 10.2. The molecule has 0 saturated carbocycles. The first-order valence-corrected chi connectivity index (χ1v) is 8.87. The van der Waals surface area contributed by atoms with Crippen LogP contribution in [0.3, 0.4) is 0 Å². The predicted octanol–water partition coefficient (Wildman–Crippen LogP) is 2.96. The van der Waals surface area contributed by atoms with Gasteiger partial charge in [-0.2, -0.15) is 8.42 Å². The van der Waals surface area contributed by atoms with Crippen molar-refractivity contribution in [2.24, 2.45) is 11.8 Å². The average Bonchev–Trinajstić information content (AvgIpc) is 2.36. The summed E-state index contributed by atoms with van der Waals surface area (Å²) in [6, 6.07) is 9.22. The Balaban J connectivity index is 3.17. The summed E-state index contributed by atoms with van der Waals surface area (Å²) in [7, 11) is -4.32. The van der Waals surface area contributed by atoms with Crippen molar-refractivity contribution < 1.29 is 13.0 Å². The summed E-state index contributed by atoms with van der Waals surface area (Å²) in [6.45, 7) is 8.06. The van der Waals surface area contributed by atoms with Gasteiger partial charge in [0.2, 0.25) is 0 Å². The molecule has 0 spiro atoms. The Labute approximate surface area is 131 Å². The van der Waals surface area contributed by atoms with Gasteiger partial charge < -0.3 is 0 Å². The van der Waals surface area contributed by atoms with Crippen LogP contribution in [0.2, 0.25) is 0 Å². The van der Waals surface area contributed by atoms with Crippen LogP contribution in [0.5, 0.6) is 0 Å². The van der Waals surface area contributed by atoms with E-state index in [4.69, 9.17) is 0 Å². The van der Waals surface area contributed by atoms with Crippen LogP contribution in [-0.4, -0.2) is 13.0 Å². The molecule has 22 heavy (non-hydrogen) atoms. The third-order valence-corrected chi connectivity index (χ3v) is 4.30. The van der Waals surface area contributed by atoms with Gasteiger partial charge in [-0.05, 0) is 33.7 Å². The molecular weight excluding hydrogens is 296 g/mol. The Morgan fingerprint density at radius 3 is 2.14 bits per heavy atom. The summed E-state index contributed by atoms with van der Waals surface area (Å²) < 4.78 is 33.8. The fraction of sp³-hybridized carbons (Fsp3) is 0.333. The zero-order valence-corrected chi connectivity index (χ0v) is 14.2. The van der Waals surface area contributed by atoms with Crippen molar-refractivity contribution in [2.75, 3.05) is 0 Å². The second kappa shape index (κ2) is 6.23. The van der Waals surface area contributed by atoms with Crippen molar-refractivity contribution in [1.82, 2.24) is 0 Å². The fourth-order valence-electron chi connectivity index (χ4n) is 2.63. The van der Waals surface area contributed by atoms with Gasteiger partial charge in [0, 0.05) is 5.39 Å².